The second-order valence-corrected chi connectivity index (χ2v) is 5.37. The Morgan fingerprint density at radius 3 is 2.67 bits per heavy atom. The van der Waals surface area contributed by atoms with Crippen molar-refractivity contribution in [3.63, 3.8) is 0 Å². The van der Waals surface area contributed by atoms with Crippen LogP contribution in [0.2, 0.25) is 0 Å². The third kappa shape index (κ3) is 5.73. The Kier molecular flexibility index (Phi) is 7.19. The predicted octanol–water partition coefficient (Wildman–Crippen LogP) is 2.55. The molecule has 0 aromatic heterocycles. The van der Waals surface area contributed by atoms with Crippen molar-refractivity contribution in [1.29, 1.82) is 0 Å². The van der Waals surface area contributed by atoms with Gasteiger partial charge in [-0.1, -0.05) is 6.92 Å². The summed E-state index contributed by atoms with van der Waals surface area (Å²) >= 11 is 0. The Morgan fingerprint density at radius 2 is 2.05 bits per heavy atom. The van der Waals surface area contributed by atoms with Gasteiger partial charge < -0.3 is 20.8 Å². The number of aliphatic hydroxyl groups excluding tert-OH is 1. The average molecular weight is 294 g/mol. The minimum atomic E-state index is -0.0745. The highest BCUT2D eigenvalue weighted by molar-refractivity contribution is 5.90. The van der Waals surface area contributed by atoms with Gasteiger partial charge in [-0.25, -0.2) is 0 Å². The molecule has 0 aliphatic heterocycles. The van der Waals surface area contributed by atoms with Crippen LogP contribution in [0.5, 0.6) is 5.75 Å². The molecular weight excluding hydrogens is 268 g/mol. The van der Waals surface area contributed by atoms with Crippen molar-refractivity contribution < 1.29 is 15.0 Å². The molecule has 1 rings (SSSR count). The molecule has 21 heavy (non-hydrogen) atoms. The highest BCUT2D eigenvalue weighted by Crippen LogP contribution is 2.27. The normalized spacial score (nSPS) is 13.7. The quantitative estimate of drug-likeness (QED) is 0.555. The van der Waals surface area contributed by atoms with Crippen molar-refractivity contribution in [2.24, 2.45) is 0 Å². The number of rotatable bonds is 8. The van der Waals surface area contributed by atoms with Gasteiger partial charge in [0.15, 0.2) is 0 Å². The van der Waals surface area contributed by atoms with E-state index in [1.54, 1.807) is 18.2 Å². The monoisotopic (exact) mass is 294 g/mol. The lowest BCUT2D eigenvalue weighted by atomic mass is 10.0. The van der Waals surface area contributed by atoms with Crippen LogP contribution in [-0.2, 0) is 4.79 Å². The van der Waals surface area contributed by atoms with E-state index in [0.29, 0.717) is 18.5 Å². The van der Waals surface area contributed by atoms with E-state index in [0.717, 1.165) is 12.0 Å². The maximum absolute atomic E-state index is 11.6. The first-order valence-electron chi connectivity index (χ1n) is 7.47. The third-order valence-electron chi connectivity index (χ3n) is 3.35. The standard InChI is InChI=1S/C16H26N2O3/c1-4-5-16(21)18-13-6-7-15(20)14(10-13)12(3)17-11(2)8-9-19/h6-7,10-12,17,19-20H,4-5,8-9H2,1-3H3,(H,18,21). The van der Waals surface area contributed by atoms with Gasteiger partial charge in [-0.2, -0.15) is 0 Å². The highest BCUT2D eigenvalue weighted by Gasteiger charge is 2.14. The van der Waals surface area contributed by atoms with Gasteiger partial charge in [0.1, 0.15) is 5.75 Å². The lowest BCUT2D eigenvalue weighted by Crippen LogP contribution is -2.29. The minimum Gasteiger partial charge on any atom is -0.508 e. The van der Waals surface area contributed by atoms with Crippen molar-refractivity contribution in [3.05, 3.63) is 23.8 Å². The predicted molar refractivity (Wildman–Crippen MR) is 84.4 cm³/mol. The molecule has 5 nitrogen and oxygen atoms in total. The number of phenolic OH excluding ortho intramolecular Hbond substituents is 1. The van der Waals surface area contributed by atoms with Crippen LogP contribution in [0, 0.1) is 0 Å². The van der Waals surface area contributed by atoms with Gasteiger partial charge in [-0.15, -0.1) is 0 Å². The van der Waals surface area contributed by atoms with Gasteiger partial charge in [0.25, 0.3) is 0 Å². The molecule has 0 saturated carbocycles. The molecule has 1 amide bonds. The van der Waals surface area contributed by atoms with Crippen molar-refractivity contribution in [1.82, 2.24) is 5.32 Å². The molecule has 0 aliphatic carbocycles. The van der Waals surface area contributed by atoms with Gasteiger partial charge in [0.05, 0.1) is 0 Å². The van der Waals surface area contributed by atoms with E-state index < -0.39 is 0 Å². The van der Waals surface area contributed by atoms with Crippen LogP contribution in [0.3, 0.4) is 0 Å². The fraction of sp³-hybridized carbons (Fsp3) is 0.562. The Labute approximate surface area is 126 Å². The molecule has 0 aliphatic rings. The van der Waals surface area contributed by atoms with Crippen molar-refractivity contribution in [2.45, 2.75) is 52.1 Å². The Morgan fingerprint density at radius 1 is 1.33 bits per heavy atom. The second-order valence-electron chi connectivity index (χ2n) is 5.37. The molecule has 0 spiro atoms. The molecule has 1 aromatic carbocycles. The van der Waals surface area contributed by atoms with Crippen LogP contribution >= 0.6 is 0 Å². The molecule has 0 fully saturated rings. The van der Waals surface area contributed by atoms with E-state index in [9.17, 15) is 9.90 Å². The van der Waals surface area contributed by atoms with Crippen molar-refractivity contribution in [2.75, 3.05) is 11.9 Å². The zero-order valence-corrected chi connectivity index (χ0v) is 13.0. The van der Waals surface area contributed by atoms with Crippen LogP contribution in [0.25, 0.3) is 0 Å². The number of phenols is 1. The zero-order chi connectivity index (χ0) is 15.8. The average Bonchev–Trinajstić information content (AvgIpc) is 2.41. The first-order chi connectivity index (χ1) is 9.97. The summed E-state index contributed by atoms with van der Waals surface area (Å²) < 4.78 is 0. The summed E-state index contributed by atoms with van der Waals surface area (Å²) in [6, 6.07) is 5.13. The van der Waals surface area contributed by atoms with Crippen LogP contribution in [0.1, 0.15) is 51.6 Å². The molecular formula is C16H26N2O3. The summed E-state index contributed by atoms with van der Waals surface area (Å²) in [5, 5.41) is 25.1. The van der Waals surface area contributed by atoms with E-state index in [-0.39, 0.29) is 30.3 Å². The number of benzene rings is 1. The SMILES string of the molecule is CCCC(=O)Nc1ccc(O)c(C(C)NC(C)CCO)c1. The van der Waals surface area contributed by atoms with Crippen molar-refractivity contribution >= 4 is 11.6 Å². The molecule has 4 N–H and O–H groups in total. The number of carbonyl (C=O) groups excluding carboxylic acids is 1. The van der Waals surface area contributed by atoms with E-state index in [4.69, 9.17) is 5.11 Å². The molecule has 1 aromatic rings. The number of anilines is 1. The Bertz CT molecular complexity index is 463. The summed E-state index contributed by atoms with van der Waals surface area (Å²) in [7, 11) is 0. The fourth-order valence-electron chi connectivity index (χ4n) is 2.22. The topological polar surface area (TPSA) is 81.6 Å². The summed E-state index contributed by atoms with van der Waals surface area (Å²) in [4.78, 5) is 11.6. The summed E-state index contributed by atoms with van der Waals surface area (Å²) in [5.74, 6) is 0.170. The summed E-state index contributed by atoms with van der Waals surface area (Å²) in [6.45, 7) is 6.01. The van der Waals surface area contributed by atoms with E-state index in [2.05, 4.69) is 10.6 Å². The second kappa shape index (κ2) is 8.64. The molecule has 0 heterocycles. The number of carbonyl (C=O) groups is 1. The molecule has 0 radical (unpaired) electrons. The number of aromatic hydroxyl groups is 1. The van der Waals surface area contributed by atoms with Gasteiger partial charge in [0, 0.05) is 36.4 Å². The maximum Gasteiger partial charge on any atom is 0.224 e. The number of hydrogen-bond acceptors (Lipinski definition) is 4. The molecule has 2 unspecified atom stereocenters. The number of nitrogens with one attached hydrogen (secondary N) is 2. The minimum absolute atomic E-state index is 0.0246. The molecule has 5 heteroatoms. The number of aliphatic hydroxyl groups is 1. The number of hydrogen-bond donors (Lipinski definition) is 4. The molecule has 2 atom stereocenters. The van der Waals surface area contributed by atoms with E-state index in [1.165, 1.54) is 0 Å². The van der Waals surface area contributed by atoms with Crippen LogP contribution < -0.4 is 10.6 Å². The zero-order valence-electron chi connectivity index (χ0n) is 13.0. The smallest absolute Gasteiger partial charge is 0.224 e. The van der Waals surface area contributed by atoms with Gasteiger partial charge in [0.2, 0.25) is 5.91 Å². The Balaban J connectivity index is 2.79. The first-order valence-corrected chi connectivity index (χ1v) is 7.47. The van der Waals surface area contributed by atoms with Crippen molar-refractivity contribution in [3.8, 4) is 5.75 Å². The largest absolute Gasteiger partial charge is 0.508 e. The lowest BCUT2D eigenvalue weighted by Gasteiger charge is -2.21. The maximum atomic E-state index is 11.6. The summed E-state index contributed by atoms with van der Waals surface area (Å²) in [5.41, 5.74) is 1.42. The Hall–Kier alpha value is -1.59. The first kappa shape index (κ1) is 17.5. The van der Waals surface area contributed by atoms with Gasteiger partial charge in [-0.05, 0) is 44.9 Å². The third-order valence-corrected chi connectivity index (χ3v) is 3.35. The van der Waals surface area contributed by atoms with E-state index in [1.807, 2.05) is 20.8 Å². The van der Waals surface area contributed by atoms with Gasteiger partial charge >= 0.3 is 0 Å². The number of amides is 1. The summed E-state index contributed by atoms with van der Waals surface area (Å²) in [6.07, 6.45) is 1.93. The molecule has 0 saturated heterocycles. The van der Waals surface area contributed by atoms with Crippen LogP contribution in [0.4, 0.5) is 5.69 Å². The fourth-order valence-corrected chi connectivity index (χ4v) is 2.22. The molecule has 0 bridgehead atoms. The highest BCUT2D eigenvalue weighted by atomic mass is 16.3. The van der Waals surface area contributed by atoms with Crippen LogP contribution in [-0.4, -0.2) is 28.8 Å². The van der Waals surface area contributed by atoms with E-state index >= 15 is 0 Å². The van der Waals surface area contributed by atoms with Crippen LogP contribution in [0.15, 0.2) is 18.2 Å². The lowest BCUT2D eigenvalue weighted by molar-refractivity contribution is -0.116. The molecule has 118 valence electrons. The van der Waals surface area contributed by atoms with Gasteiger partial charge in [-0.3, -0.25) is 4.79 Å².